The maximum absolute atomic E-state index is 11.8. The minimum atomic E-state index is -0.301. The zero-order valence-corrected chi connectivity index (χ0v) is 18.6. The van der Waals surface area contributed by atoms with E-state index < -0.39 is 0 Å². The number of benzene rings is 1. The number of carbonyl (C=O) groups excluding carboxylic acids is 2. The van der Waals surface area contributed by atoms with Gasteiger partial charge in [-0.1, -0.05) is 45.1 Å². The quantitative estimate of drug-likeness (QED) is 0.198. The van der Waals surface area contributed by atoms with E-state index in [2.05, 4.69) is 29.5 Å². The minimum Gasteiger partial charge on any atom is -0.496 e. The van der Waals surface area contributed by atoms with E-state index in [1.165, 1.54) is 25.7 Å². The fourth-order valence-corrected chi connectivity index (χ4v) is 3.35. The second kappa shape index (κ2) is 14.7. The summed E-state index contributed by atoms with van der Waals surface area (Å²) in [7, 11) is 1.62. The Morgan fingerprint density at radius 3 is 2.26 bits per heavy atom. The van der Waals surface area contributed by atoms with E-state index in [1.807, 2.05) is 18.2 Å². The van der Waals surface area contributed by atoms with Crippen LogP contribution in [0.15, 0.2) is 18.2 Å². The van der Waals surface area contributed by atoms with Crippen LogP contribution in [0.5, 0.6) is 5.75 Å². The lowest BCUT2D eigenvalue weighted by Crippen LogP contribution is -2.09. The first-order valence-electron chi connectivity index (χ1n) is 9.70. The highest BCUT2D eigenvalue weighted by Crippen LogP contribution is 2.22. The van der Waals surface area contributed by atoms with Gasteiger partial charge in [0.2, 0.25) is 0 Å². The van der Waals surface area contributed by atoms with Crippen LogP contribution in [-0.4, -0.2) is 25.7 Å². The van der Waals surface area contributed by atoms with Crippen LogP contribution in [-0.2, 0) is 25.7 Å². The zero-order chi connectivity index (χ0) is 19.9. The summed E-state index contributed by atoms with van der Waals surface area (Å²) in [6.45, 7) is 2.89. The summed E-state index contributed by atoms with van der Waals surface area (Å²) in [6.07, 6.45) is 7.90. The van der Waals surface area contributed by atoms with Crippen LogP contribution >= 0.6 is 22.6 Å². The zero-order valence-electron chi connectivity index (χ0n) is 16.4. The summed E-state index contributed by atoms with van der Waals surface area (Å²) in [4.78, 5) is 23.4. The first-order valence-corrected chi connectivity index (χ1v) is 10.8. The molecule has 0 amide bonds. The van der Waals surface area contributed by atoms with Crippen molar-refractivity contribution in [2.75, 3.05) is 13.7 Å². The number of halogens is 1. The summed E-state index contributed by atoms with van der Waals surface area (Å²) >= 11 is 2.18. The maximum atomic E-state index is 11.8. The van der Waals surface area contributed by atoms with Crippen molar-refractivity contribution in [1.29, 1.82) is 0 Å². The number of ether oxygens (including phenoxy) is 3. The van der Waals surface area contributed by atoms with Crippen LogP contribution in [0.25, 0.3) is 0 Å². The molecule has 1 aromatic carbocycles. The van der Waals surface area contributed by atoms with Gasteiger partial charge in [-0.05, 0) is 53.1 Å². The van der Waals surface area contributed by atoms with Crippen molar-refractivity contribution in [3.63, 3.8) is 0 Å². The normalized spacial score (nSPS) is 10.5. The van der Waals surface area contributed by atoms with Crippen molar-refractivity contribution < 1.29 is 23.8 Å². The monoisotopic (exact) mass is 490 g/mol. The molecule has 0 N–H and O–H groups in total. The molecule has 0 spiro atoms. The molecule has 1 rings (SSSR count). The Morgan fingerprint density at radius 1 is 0.926 bits per heavy atom. The van der Waals surface area contributed by atoms with Crippen LogP contribution in [0.4, 0.5) is 0 Å². The van der Waals surface area contributed by atoms with Crippen molar-refractivity contribution >= 4 is 34.5 Å². The van der Waals surface area contributed by atoms with Crippen molar-refractivity contribution in [2.24, 2.45) is 0 Å². The van der Waals surface area contributed by atoms with E-state index in [0.717, 1.165) is 27.7 Å². The van der Waals surface area contributed by atoms with Gasteiger partial charge in [-0.15, -0.1) is 0 Å². The number of hydrogen-bond donors (Lipinski definition) is 0. The molecule has 0 saturated carbocycles. The number of carbonyl (C=O) groups is 2. The smallest absolute Gasteiger partial charge is 0.306 e. The molecular weight excluding hydrogens is 459 g/mol. The highest BCUT2D eigenvalue weighted by atomic mass is 127. The average Bonchev–Trinajstić information content (AvgIpc) is 2.65. The second-order valence-electron chi connectivity index (χ2n) is 6.47. The standard InChI is InChI=1S/C21H31IO5/c1-3-4-5-6-7-8-14-26-20(23)10-9-11-21(24)27-16-17-12-13-19(25-2)18(22)15-17/h12-13,15H,3-11,14,16H2,1-2H3. The largest absolute Gasteiger partial charge is 0.496 e. The van der Waals surface area contributed by atoms with Crippen molar-refractivity contribution in [2.45, 2.75) is 71.3 Å². The fourth-order valence-electron chi connectivity index (χ4n) is 2.55. The molecular formula is C21H31IO5. The molecule has 0 aliphatic carbocycles. The first-order chi connectivity index (χ1) is 13.1. The lowest BCUT2D eigenvalue weighted by molar-refractivity contribution is -0.146. The van der Waals surface area contributed by atoms with Gasteiger partial charge in [0.1, 0.15) is 12.4 Å². The Balaban J connectivity index is 2.07. The van der Waals surface area contributed by atoms with Gasteiger partial charge in [0.25, 0.3) is 0 Å². The first kappa shape index (κ1) is 23.7. The van der Waals surface area contributed by atoms with Crippen LogP contribution in [0, 0.1) is 3.57 Å². The van der Waals surface area contributed by atoms with E-state index >= 15 is 0 Å². The molecule has 0 fully saturated rings. The molecule has 0 aliphatic rings. The number of hydrogen-bond acceptors (Lipinski definition) is 5. The number of unbranched alkanes of at least 4 members (excludes halogenated alkanes) is 5. The van der Waals surface area contributed by atoms with Crippen LogP contribution in [0.2, 0.25) is 0 Å². The molecule has 5 nitrogen and oxygen atoms in total. The highest BCUT2D eigenvalue weighted by molar-refractivity contribution is 14.1. The molecule has 0 bridgehead atoms. The van der Waals surface area contributed by atoms with E-state index in [1.54, 1.807) is 7.11 Å². The molecule has 0 aromatic heterocycles. The Morgan fingerprint density at radius 2 is 1.59 bits per heavy atom. The lowest BCUT2D eigenvalue weighted by Gasteiger charge is -2.08. The predicted octanol–water partition coefficient (Wildman–Crippen LogP) is 5.42. The molecule has 0 radical (unpaired) electrons. The van der Waals surface area contributed by atoms with Gasteiger partial charge in [0.05, 0.1) is 17.3 Å². The summed E-state index contributed by atoms with van der Waals surface area (Å²) in [5.41, 5.74) is 0.909. The van der Waals surface area contributed by atoms with Gasteiger partial charge < -0.3 is 14.2 Å². The van der Waals surface area contributed by atoms with Gasteiger partial charge in [-0.3, -0.25) is 9.59 Å². The SMILES string of the molecule is CCCCCCCCOC(=O)CCCC(=O)OCc1ccc(OC)c(I)c1. The third-order valence-electron chi connectivity index (χ3n) is 4.14. The Bertz CT molecular complexity index is 574. The Labute approximate surface area is 176 Å². The number of rotatable bonds is 14. The molecule has 6 heteroatoms. The van der Waals surface area contributed by atoms with Gasteiger partial charge >= 0.3 is 11.9 Å². The van der Waals surface area contributed by atoms with Gasteiger partial charge in [-0.25, -0.2) is 0 Å². The average molecular weight is 490 g/mol. The van der Waals surface area contributed by atoms with E-state index in [0.29, 0.717) is 13.0 Å². The second-order valence-corrected chi connectivity index (χ2v) is 7.63. The van der Waals surface area contributed by atoms with Gasteiger partial charge in [-0.2, -0.15) is 0 Å². The van der Waals surface area contributed by atoms with Gasteiger partial charge in [0, 0.05) is 12.8 Å². The minimum absolute atomic E-state index is 0.222. The molecule has 0 aliphatic heterocycles. The van der Waals surface area contributed by atoms with Crippen molar-refractivity contribution in [3.05, 3.63) is 27.3 Å². The Hall–Kier alpha value is -1.31. The van der Waals surface area contributed by atoms with Crippen LogP contribution in [0.3, 0.4) is 0 Å². The molecule has 0 heterocycles. The molecule has 27 heavy (non-hydrogen) atoms. The van der Waals surface area contributed by atoms with E-state index in [4.69, 9.17) is 14.2 Å². The molecule has 0 atom stereocenters. The Kier molecular flexibility index (Phi) is 12.9. The topological polar surface area (TPSA) is 61.8 Å². The fraction of sp³-hybridized carbons (Fsp3) is 0.619. The van der Waals surface area contributed by atoms with E-state index in [-0.39, 0.29) is 31.4 Å². The predicted molar refractivity (Wildman–Crippen MR) is 114 cm³/mol. The van der Waals surface area contributed by atoms with Gasteiger partial charge in [0.15, 0.2) is 0 Å². The molecule has 1 aromatic rings. The van der Waals surface area contributed by atoms with Crippen molar-refractivity contribution in [1.82, 2.24) is 0 Å². The highest BCUT2D eigenvalue weighted by Gasteiger charge is 2.08. The van der Waals surface area contributed by atoms with Crippen molar-refractivity contribution in [3.8, 4) is 5.75 Å². The van der Waals surface area contributed by atoms with Crippen LogP contribution < -0.4 is 4.74 Å². The summed E-state index contributed by atoms with van der Waals surface area (Å²) in [6, 6.07) is 5.64. The molecule has 152 valence electrons. The summed E-state index contributed by atoms with van der Waals surface area (Å²) in [5.74, 6) is 0.260. The number of methoxy groups -OCH3 is 1. The van der Waals surface area contributed by atoms with Crippen LogP contribution in [0.1, 0.15) is 70.3 Å². The third kappa shape index (κ3) is 11.2. The summed E-state index contributed by atoms with van der Waals surface area (Å²) < 4.78 is 16.6. The van der Waals surface area contributed by atoms with E-state index in [9.17, 15) is 9.59 Å². The lowest BCUT2D eigenvalue weighted by atomic mass is 10.1. The number of esters is 2. The summed E-state index contributed by atoms with van der Waals surface area (Å²) in [5, 5.41) is 0. The third-order valence-corrected chi connectivity index (χ3v) is 4.98. The molecule has 0 unspecified atom stereocenters. The molecule has 0 saturated heterocycles. The maximum Gasteiger partial charge on any atom is 0.306 e.